The second-order valence-electron chi connectivity index (χ2n) is 4.95. The molecule has 1 N–H and O–H groups in total. The fourth-order valence-corrected chi connectivity index (χ4v) is 2.40. The maximum Gasteiger partial charge on any atom is 0.167 e. The molecule has 94 valence electrons. The van der Waals surface area contributed by atoms with Gasteiger partial charge in [-0.15, -0.1) is 0 Å². The molecular formula is C14H20FNO. The van der Waals surface area contributed by atoms with E-state index in [4.69, 9.17) is 4.74 Å². The molecule has 0 atom stereocenters. The molecular weight excluding hydrogens is 217 g/mol. The van der Waals surface area contributed by atoms with Crippen LogP contribution in [0.25, 0.3) is 0 Å². The molecule has 0 bridgehead atoms. The summed E-state index contributed by atoms with van der Waals surface area (Å²) in [5, 5.41) is 3.40. The molecule has 0 saturated heterocycles. The fraction of sp³-hybridized carbons (Fsp3) is 0.571. The highest BCUT2D eigenvalue weighted by atomic mass is 19.1. The summed E-state index contributed by atoms with van der Waals surface area (Å²) in [5.41, 5.74) is 0.850. The lowest BCUT2D eigenvalue weighted by Gasteiger charge is -2.27. The highest BCUT2D eigenvalue weighted by molar-refractivity contribution is 5.48. The van der Waals surface area contributed by atoms with E-state index < -0.39 is 0 Å². The third-order valence-electron chi connectivity index (χ3n) is 3.54. The topological polar surface area (TPSA) is 21.3 Å². The molecule has 1 aliphatic carbocycles. The van der Waals surface area contributed by atoms with E-state index >= 15 is 0 Å². The van der Waals surface area contributed by atoms with Gasteiger partial charge < -0.3 is 10.1 Å². The monoisotopic (exact) mass is 237 g/mol. The zero-order chi connectivity index (χ0) is 12.3. The van der Waals surface area contributed by atoms with Gasteiger partial charge in [0.2, 0.25) is 0 Å². The molecule has 17 heavy (non-hydrogen) atoms. The van der Waals surface area contributed by atoms with Crippen LogP contribution in [0.1, 0.15) is 32.6 Å². The first-order valence-electron chi connectivity index (χ1n) is 6.29. The maximum absolute atomic E-state index is 13.5. The summed E-state index contributed by atoms with van der Waals surface area (Å²) < 4.78 is 18.4. The average molecular weight is 237 g/mol. The first-order chi connectivity index (χ1) is 8.19. The van der Waals surface area contributed by atoms with Crippen LogP contribution in [-0.2, 0) is 0 Å². The third kappa shape index (κ3) is 3.11. The van der Waals surface area contributed by atoms with Crippen LogP contribution in [0, 0.1) is 11.7 Å². The number of hydrogen-bond donors (Lipinski definition) is 1. The normalized spacial score (nSPS) is 24.4. The number of nitrogens with one attached hydrogen (secondary N) is 1. The summed E-state index contributed by atoms with van der Waals surface area (Å²) in [6.07, 6.45) is 4.87. The van der Waals surface area contributed by atoms with E-state index in [1.54, 1.807) is 6.07 Å². The Labute approximate surface area is 102 Å². The van der Waals surface area contributed by atoms with E-state index in [1.807, 2.05) is 6.07 Å². The highest BCUT2D eigenvalue weighted by Gasteiger charge is 2.18. The van der Waals surface area contributed by atoms with Gasteiger partial charge in [0.25, 0.3) is 0 Å². The lowest BCUT2D eigenvalue weighted by Crippen LogP contribution is -2.25. The second-order valence-corrected chi connectivity index (χ2v) is 4.95. The zero-order valence-electron chi connectivity index (χ0n) is 10.5. The van der Waals surface area contributed by atoms with Crippen LogP contribution in [0.3, 0.4) is 0 Å². The highest BCUT2D eigenvalue weighted by Crippen LogP contribution is 2.27. The van der Waals surface area contributed by atoms with Crippen molar-refractivity contribution in [2.75, 3.05) is 12.4 Å². The van der Waals surface area contributed by atoms with Crippen molar-refractivity contribution in [2.24, 2.45) is 5.92 Å². The molecule has 1 aromatic rings. The lowest BCUT2D eigenvalue weighted by molar-refractivity contribution is 0.361. The van der Waals surface area contributed by atoms with Gasteiger partial charge in [0.05, 0.1) is 7.11 Å². The maximum atomic E-state index is 13.5. The van der Waals surface area contributed by atoms with Crippen molar-refractivity contribution < 1.29 is 9.13 Å². The minimum Gasteiger partial charge on any atom is -0.494 e. The molecule has 3 heteroatoms. The molecule has 0 aliphatic heterocycles. The number of anilines is 1. The zero-order valence-corrected chi connectivity index (χ0v) is 10.5. The van der Waals surface area contributed by atoms with Gasteiger partial charge in [-0.25, -0.2) is 4.39 Å². The van der Waals surface area contributed by atoms with Crippen molar-refractivity contribution in [3.63, 3.8) is 0 Å². The molecule has 0 unspecified atom stereocenters. The van der Waals surface area contributed by atoms with Crippen molar-refractivity contribution in [1.29, 1.82) is 0 Å². The first-order valence-corrected chi connectivity index (χ1v) is 6.29. The summed E-state index contributed by atoms with van der Waals surface area (Å²) in [6.45, 7) is 2.29. The van der Waals surface area contributed by atoms with Crippen LogP contribution < -0.4 is 10.1 Å². The van der Waals surface area contributed by atoms with Gasteiger partial charge in [-0.2, -0.15) is 0 Å². The van der Waals surface area contributed by atoms with Crippen LogP contribution in [-0.4, -0.2) is 13.2 Å². The van der Waals surface area contributed by atoms with Crippen LogP contribution in [0.2, 0.25) is 0 Å². The Bertz CT molecular complexity index is 372. The number of benzene rings is 1. The molecule has 1 saturated carbocycles. The van der Waals surface area contributed by atoms with Crippen molar-refractivity contribution in [3.05, 3.63) is 24.0 Å². The van der Waals surface area contributed by atoms with Gasteiger partial charge >= 0.3 is 0 Å². The van der Waals surface area contributed by atoms with Gasteiger partial charge in [0, 0.05) is 17.8 Å². The standard InChI is InChI=1S/C14H20FNO/c1-10-3-5-11(6-4-10)16-12-7-8-14(17-2)13(15)9-12/h7-11,16H,3-6H2,1-2H3. The van der Waals surface area contributed by atoms with Crippen LogP contribution >= 0.6 is 0 Å². The Hall–Kier alpha value is -1.25. The predicted molar refractivity (Wildman–Crippen MR) is 68.0 cm³/mol. The minimum atomic E-state index is -0.304. The van der Waals surface area contributed by atoms with E-state index in [0.29, 0.717) is 11.8 Å². The van der Waals surface area contributed by atoms with E-state index in [9.17, 15) is 4.39 Å². The third-order valence-corrected chi connectivity index (χ3v) is 3.54. The van der Waals surface area contributed by atoms with Crippen molar-refractivity contribution >= 4 is 5.69 Å². The number of halogens is 1. The number of ether oxygens (including phenoxy) is 1. The Balaban J connectivity index is 1.97. The number of hydrogen-bond acceptors (Lipinski definition) is 2. The summed E-state index contributed by atoms with van der Waals surface area (Å²) >= 11 is 0. The number of methoxy groups -OCH3 is 1. The van der Waals surface area contributed by atoms with E-state index in [-0.39, 0.29) is 5.82 Å². The Morgan fingerprint density at radius 3 is 2.53 bits per heavy atom. The van der Waals surface area contributed by atoms with Crippen LogP contribution in [0.15, 0.2) is 18.2 Å². The lowest BCUT2D eigenvalue weighted by atomic mass is 9.87. The Morgan fingerprint density at radius 1 is 1.24 bits per heavy atom. The molecule has 0 radical (unpaired) electrons. The molecule has 0 heterocycles. The number of rotatable bonds is 3. The van der Waals surface area contributed by atoms with Crippen molar-refractivity contribution in [3.8, 4) is 5.75 Å². The molecule has 0 spiro atoms. The summed E-state index contributed by atoms with van der Waals surface area (Å²) in [4.78, 5) is 0. The van der Waals surface area contributed by atoms with Gasteiger partial charge in [-0.1, -0.05) is 6.92 Å². The summed E-state index contributed by atoms with van der Waals surface area (Å²) in [5.74, 6) is 0.829. The average Bonchev–Trinajstić information content (AvgIpc) is 2.32. The molecule has 0 amide bonds. The van der Waals surface area contributed by atoms with Crippen molar-refractivity contribution in [2.45, 2.75) is 38.6 Å². The molecule has 1 aliphatic rings. The molecule has 0 aromatic heterocycles. The molecule has 2 rings (SSSR count). The van der Waals surface area contributed by atoms with Gasteiger partial charge in [-0.3, -0.25) is 0 Å². The van der Waals surface area contributed by atoms with E-state index in [0.717, 1.165) is 11.6 Å². The SMILES string of the molecule is COc1ccc(NC2CCC(C)CC2)cc1F. The smallest absolute Gasteiger partial charge is 0.167 e. The van der Waals surface area contributed by atoms with E-state index in [1.165, 1.54) is 38.9 Å². The quantitative estimate of drug-likeness (QED) is 0.862. The van der Waals surface area contributed by atoms with Gasteiger partial charge in [0.15, 0.2) is 11.6 Å². The minimum absolute atomic E-state index is 0.299. The molecule has 2 nitrogen and oxygen atoms in total. The Morgan fingerprint density at radius 2 is 1.94 bits per heavy atom. The van der Waals surface area contributed by atoms with Crippen LogP contribution in [0.5, 0.6) is 5.75 Å². The summed E-state index contributed by atoms with van der Waals surface area (Å²) in [6, 6.07) is 5.54. The van der Waals surface area contributed by atoms with Crippen molar-refractivity contribution in [1.82, 2.24) is 0 Å². The van der Waals surface area contributed by atoms with Crippen LogP contribution in [0.4, 0.5) is 10.1 Å². The Kier molecular flexibility index (Phi) is 3.87. The second kappa shape index (κ2) is 5.39. The van der Waals surface area contributed by atoms with E-state index in [2.05, 4.69) is 12.2 Å². The summed E-state index contributed by atoms with van der Waals surface area (Å²) in [7, 11) is 1.48. The fourth-order valence-electron chi connectivity index (χ4n) is 2.40. The molecule has 1 fully saturated rings. The first kappa shape index (κ1) is 12.2. The molecule has 1 aromatic carbocycles. The van der Waals surface area contributed by atoms with Gasteiger partial charge in [-0.05, 0) is 43.7 Å². The van der Waals surface area contributed by atoms with Gasteiger partial charge in [0.1, 0.15) is 0 Å². The predicted octanol–water partition coefficient (Wildman–Crippen LogP) is 3.82. The largest absolute Gasteiger partial charge is 0.494 e.